The number of hydrogen-bond donors (Lipinski definition) is 0. The maximum absolute atomic E-state index is 12.8. The highest BCUT2D eigenvalue weighted by Crippen LogP contribution is 2.39. The van der Waals surface area contributed by atoms with Gasteiger partial charge in [0, 0.05) is 41.1 Å². The van der Waals surface area contributed by atoms with Crippen LogP contribution in [0.4, 0.5) is 0 Å². The SMILES string of the molecule is COc1ccc(C2CCCN2C(=O)CCC(=O)c2ccc(Br)cc2)c(OC)c1. The average molecular weight is 446 g/mol. The summed E-state index contributed by atoms with van der Waals surface area (Å²) in [5, 5.41) is 0. The molecule has 0 N–H and O–H groups in total. The van der Waals surface area contributed by atoms with Gasteiger partial charge in [-0.3, -0.25) is 9.59 Å². The summed E-state index contributed by atoms with van der Waals surface area (Å²) in [5.74, 6) is 1.43. The summed E-state index contributed by atoms with van der Waals surface area (Å²) in [7, 11) is 3.23. The Kier molecular flexibility index (Phi) is 6.73. The highest BCUT2D eigenvalue weighted by molar-refractivity contribution is 9.10. The molecule has 0 saturated carbocycles. The molecule has 1 fully saturated rings. The third kappa shape index (κ3) is 4.55. The molecule has 2 aromatic rings. The number of carbonyl (C=O) groups is 2. The Labute approximate surface area is 173 Å². The minimum absolute atomic E-state index is 0.00540. The van der Waals surface area contributed by atoms with Crippen LogP contribution in [0.2, 0.25) is 0 Å². The van der Waals surface area contributed by atoms with Crippen LogP contribution in [0.1, 0.15) is 47.6 Å². The summed E-state index contributed by atoms with van der Waals surface area (Å²) in [6, 6.07) is 12.9. The summed E-state index contributed by atoms with van der Waals surface area (Å²) in [6.45, 7) is 0.700. The van der Waals surface area contributed by atoms with Gasteiger partial charge in [-0.25, -0.2) is 0 Å². The zero-order valence-corrected chi connectivity index (χ0v) is 17.7. The lowest BCUT2D eigenvalue weighted by atomic mass is 10.0. The summed E-state index contributed by atoms with van der Waals surface area (Å²) in [5.41, 5.74) is 1.61. The van der Waals surface area contributed by atoms with Crippen molar-refractivity contribution >= 4 is 27.6 Å². The first-order valence-corrected chi connectivity index (χ1v) is 10.1. The van der Waals surface area contributed by atoms with E-state index in [1.165, 1.54) is 0 Å². The fourth-order valence-corrected chi connectivity index (χ4v) is 3.89. The number of Topliss-reactive ketones (excluding diaryl/α,β-unsaturated/α-hetero) is 1. The highest BCUT2D eigenvalue weighted by Gasteiger charge is 2.32. The van der Waals surface area contributed by atoms with Crippen molar-refractivity contribution in [2.45, 2.75) is 31.7 Å². The number of likely N-dealkylation sites (tertiary alicyclic amines) is 1. The topological polar surface area (TPSA) is 55.8 Å². The van der Waals surface area contributed by atoms with Gasteiger partial charge in [0.25, 0.3) is 0 Å². The quantitative estimate of drug-likeness (QED) is 0.574. The molecule has 0 spiro atoms. The lowest BCUT2D eigenvalue weighted by Crippen LogP contribution is -2.31. The van der Waals surface area contributed by atoms with Crippen LogP contribution in [0.3, 0.4) is 0 Å². The molecule has 1 aliphatic rings. The first kappa shape index (κ1) is 20.4. The molecule has 0 aliphatic carbocycles. The van der Waals surface area contributed by atoms with Gasteiger partial charge in [-0.2, -0.15) is 0 Å². The van der Waals surface area contributed by atoms with Gasteiger partial charge in [0.2, 0.25) is 5.91 Å². The predicted octanol–water partition coefficient (Wildman–Crippen LogP) is 4.79. The number of ketones is 1. The Bertz CT molecular complexity index is 850. The van der Waals surface area contributed by atoms with E-state index in [1.807, 2.05) is 35.2 Å². The largest absolute Gasteiger partial charge is 0.497 e. The van der Waals surface area contributed by atoms with Gasteiger partial charge >= 0.3 is 0 Å². The van der Waals surface area contributed by atoms with E-state index in [4.69, 9.17) is 9.47 Å². The average Bonchev–Trinajstić information content (AvgIpc) is 3.21. The van der Waals surface area contributed by atoms with E-state index in [-0.39, 0.29) is 30.6 Å². The number of halogens is 1. The summed E-state index contributed by atoms with van der Waals surface area (Å²) >= 11 is 3.36. The van der Waals surface area contributed by atoms with E-state index in [2.05, 4.69) is 15.9 Å². The molecule has 148 valence electrons. The Morgan fingerprint density at radius 1 is 1.07 bits per heavy atom. The molecule has 1 amide bonds. The molecule has 1 unspecified atom stereocenters. The number of ether oxygens (including phenoxy) is 2. The molecule has 28 heavy (non-hydrogen) atoms. The number of rotatable bonds is 7. The van der Waals surface area contributed by atoms with Crippen LogP contribution in [-0.4, -0.2) is 37.4 Å². The third-order valence-corrected chi connectivity index (χ3v) is 5.63. The van der Waals surface area contributed by atoms with E-state index in [0.29, 0.717) is 12.1 Å². The van der Waals surface area contributed by atoms with Crippen molar-refractivity contribution in [3.63, 3.8) is 0 Å². The van der Waals surface area contributed by atoms with Crippen molar-refractivity contribution in [1.82, 2.24) is 4.90 Å². The van der Waals surface area contributed by atoms with Crippen molar-refractivity contribution in [1.29, 1.82) is 0 Å². The lowest BCUT2D eigenvalue weighted by Gasteiger charge is -2.26. The molecule has 6 heteroatoms. The standard InChI is InChI=1S/C22H24BrNO4/c1-27-17-9-10-18(21(14-17)28-2)19-4-3-13-24(19)22(26)12-11-20(25)15-5-7-16(23)8-6-15/h5-10,14,19H,3-4,11-13H2,1-2H3. The van der Waals surface area contributed by atoms with Crippen molar-refractivity contribution < 1.29 is 19.1 Å². The van der Waals surface area contributed by atoms with Crippen LogP contribution in [0.15, 0.2) is 46.9 Å². The summed E-state index contributed by atoms with van der Waals surface area (Å²) in [6.07, 6.45) is 2.24. The molecule has 2 aromatic carbocycles. The second-order valence-electron chi connectivity index (χ2n) is 6.78. The monoisotopic (exact) mass is 445 g/mol. The first-order valence-electron chi connectivity index (χ1n) is 9.33. The maximum atomic E-state index is 12.8. The first-order chi connectivity index (χ1) is 13.5. The smallest absolute Gasteiger partial charge is 0.223 e. The Balaban J connectivity index is 1.68. The van der Waals surface area contributed by atoms with Crippen molar-refractivity contribution in [3.8, 4) is 11.5 Å². The zero-order valence-electron chi connectivity index (χ0n) is 16.1. The Morgan fingerprint density at radius 2 is 1.82 bits per heavy atom. The zero-order chi connectivity index (χ0) is 20.1. The van der Waals surface area contributed by atoms with Crippen LogP contribution in [0, 0.1) is 0 Å². The number of carbonyl (C=O) groups excluding carboxylic acids is 2. The predicted molar refractivity (Wildman–Crippen MR) is 111 cm³/mol. The lowest BCUT2D eigenvalue weighted by molar-refractivity contribution is -0.132. The molecule has 0 radical (unpaired) electrons. The van der Waals surface area contributed by atoms with Gasteiger partial charge in [-0.05, 0) is 37.1 Å². The summed E-state index contributed by atoms with van der Waals surface area (Å²) < 4.78 is 11.7. The van der Waals surface area contributed by atoms with Crippen LogP contribution in [-0.2, 0) is 4.79 Å². The highest BCUT2D eigenvalue weighted by atomic mass is 79.9. The molecule has 1 heterocycles. The number of methoxy groups -OCH3 is 2. The maximum Gasteiger partial charge on any atom is 0.223 e. The molecular formula is C22H24BrNO4. The molecular weight excluding hydrogens is 422 g/mol. The van der Waals surface area contributed by atoms with Gasteiger partial charge in [0.05, 0.1) is 20.3 Å². The summed E-state index contributed by atoms with van der Waals surface area (Å²) in [4.78, 5) is 27.1. The van der Waals surface area contributed by atoms with Crippen LogP contribution in [0.25, 0.3) is 0 Å². The van der Waals surface area contributed by atoms with Crippen LogP contribution < -0.4 is 9.47 Å². The van der Waals surface area contributed by atoms with E-state index in [0.717, 1.165) is 34.4 Å². The molecule has 5 nitrogen and oxygen atoms in total. The number of hydrogen-bond acceptors (Lipinski definition) is 4. The molecule has 0 aromatic heterocycles. The van der Waals surface area contributed by atoms with Crippen LogP contribution >= 0.6 is 15.9 Å². The van der Waals surface area contributed by atoms with E-state index >= 15 is 0 Å². The fraction of sp³-hybridized carbons (Fsp3) is 0.364. The van der Waals surface area contributed by atoms with Gasteiger partial charge < -0.3 is 14.4 Å². The van der Waals surface area contributed by atoms with Gasteiger partial charge in [0.1, 0.15) is 11.5 Å². The number of amides is 1. The molecule has 1 atom stereocenters. The second kappa shape index (κ2) is 9.24. The normalized spacial score (nSPS) is 16.1. The number of benzene rings is 2. The molecule has 1 saturated heterocycles. The van der Waals surface area contributed by atoms with E-state index in [9.17, 15) is 9.59 Å². The van der Waals surface area contributed by atoms with Gasteiger partial charge in [-0.1, -0.05) is 28.1 Å². The van der Waals surface area contributed by atoms with Crippen molar-refractivity contribution in [3.05, 3.63) is 58.1 Å². The Morgan fingerprint density at radius 3 is 2.50 bits per heavy atom. The van der Waals surface area contributed by atoms with Gasteiger partial charge in [-0.15, -0.1) is 0 Å². The van der Waals surface area contributed by atoms with Gasteiger partial charge in [0.15, 0.2) is 5.78 Å². The van der Waals surface area contributed by atoms with Crippen molar-refractivity contribution in [2.75, 3.05) is 20.8 Å². The fourth-order valence-electron chi connectivity index (χ4n) is 3.63. The minimum atomic E-state index is -0.0314. The van der Waals surface area contributed by atoms with E-state index in [1.54, 1.807) is 26.4 Å². The third-order valence-electron chi connectivity index (χ3n) is 5.10. The van der Waals surface area contributed by atoms with Crippen molar-refractivity contribution in [2.24, 2.45) is 0 Å². The van der Waals surface area contributed by atoms with E-state index < -0.39 is 0 Å². The molecule has 3 rings (SSSR count). The molecule has 0 bridgehead atoms. The number of nitrogens with zero attached hydrogens (tertiary/aromatic N) is 1. The minimum Gasteiger partial charge on any atom is -0.497 e. The molecule has 1 aliphatic heterocycles. The Hall–Kier alpha value is -2.34. The van der Waals surface area contributed by atoms with Crippen LogP contribution in [0.5, 0.6) is 11.5 Å². The second-order valence-corrected chi connectivity index (χ2v) is 7.70.